The van der Waals surface area contributed by atoms with Crippen LogP contribution in [0.25, 0.3) is 0 Å². The molecule has 3 rings (SSSR count). The number of rotatable bonds is 7. The van der Waals surface area contributed by atoms with E-state index >= 15 is 0 Å². The lowest BCUT2D eigenvalue weighted by molar-refractivity contribution is -0.153. The lowest BCUT2D eigenvalue weighted by Gasteiger charge is -2.30. The van der Waals surface area contributed by atoms with Gasteiger partial charge < -0.3 is 14.4 Å². The predicted octanol–water partition coefficient (Wildman–Crippen LogP) is 1.94. The van der Waals surface area contributed by atoms with Crippen LogP contribution in [0.2, 0.25) is 0 Å². The number of carbonyl (C=O) groups is 3. The van der Waals surface area contributed by atoms with Gasteiger partial charge >= 0.3 is 0 Å². The van der Waals surface area contributed by atoms with Crippen molar-refractivity contribution in [3.8, 4) is 0 Å². The maximum absolute atomic E-state index is 13.0. The van der Waals surface area contributed by atoms with Crippen LogP contribution in [0.5, 0.6) is 0 Å². The van der Waals surface area contributed by atoms with Gasteiger partial charge in [-0.1, -0.05) is 15.9 Å². The molecule has 1 aromatic carbocycles. The highest BCUT2D eigenvalue weighted by atomic mass is 79.9. The van der Waals surface area contributed by atoms with Crippen LogP contribution in [0.1, 0.15) is 19.3 Å². The Hall–Kier alpha value is -1.77. The minimum atomic E-state index is -0.827. The van der Waals surface area contributed by atoms with Crippen molar-refractivity contribution in [1.82, 2.24) is 4.90 Å². The summed E-state index contributed by atoms with van der Waals surface area (Å²) >= 11 is 3.34. The smallest absolute Gasteiger partial charge is 0.257 e. The first-order chi connectivity index (χ1) is 12.5. The van der Waals surface area contributed by atoms with E-state index in [1.54, 1.807) is 24.3 Å². The van der Waals surface area contributed by atoms with Crippen LogP contribution in [0, 0.1) is 5.92 Å². The molecule has 1 saturated carbocycles. The zero-order valence-corrected chi connectivity index (χ0v) is 16.3. The summed E-state index contributed by atoms with van der Waals surface area (Å²) in [6.07, 6.45) is 0.937. The topological polar surface area (TPSA) is 76.2 Å². The Labute approximate surface area is 160 Å². The van der Waals surface area contributed by atoms with Crippen molar-refractivity contribution in [2.45, 2.75) is 31.6 Å². The van der Waals surface area contributed by atoms with Crippen LogP contribution >= 0.6 is 15.9 Å². The molecule has 1 aliphatic heterocycles. The van der Waals surface area contributed by atoms with Gasteiger partial charge in [-0.25, -0.2) is 4.90 Å². The molecule has 0 bridgehead atoms. The van der Waals surface area contributed by atoms with Gasteiger partial charge in [-0.2, -0.15) is 0 Å². The molecule has 1 unspecified atom stereocenters. The van der Waals surface area contributed by atoms with Crippen LogP contribution < -0.4 is 4.90 Å². The molecule has 0 radical (unpaired) electrons. The van der Waals surface area contributed by atoms with Crippen molar-refractivity contribution < 1.29 is 23.9 Å². The van der Waals surface area contributed by atoms with Gasteiger partial charge in [0, 0.05) is 24.6 Å². The minimum absolute atomic E-state index is 0.0342. The van der Waals surface area contributed by atoms with Gasteiger partial charge in [-0.15, -0.1) is 0 Å². The molecule has 3 amide bonds. The second-order valence-electron chi connectivity index (χ2n) is 6.43. The van der Waals surface area contributed by atoms with Gasteiger partial charge in [0.25, 0.3) is 5.91 Å². The number of hydrogen-bond acceptors (Lipinski definition) is 5. The van der Waals surface area contributed by atoms with Crippen molar-refractivity contribution in [3.63, 3.8) is 0 Å². The molecule has 2 fully saturated rings. The lowest BCUT2D eigenvalue weighted by atomic mass is 10.1. The molecule has 140 valence electrons. The Kier molecular flexibility index (Phi) is 5.74. The molecule has 1 heterocycles. The van der Waals surface area contributed by atoms with Crippen LogP contribution in [0.3, 0.4) is 0 Å². The van der Waals surface area contributed by atoms with E-state index in [0.717, 1.165) is 22.2 Å². The van der Waals surface area contributed by atoms with Crippen LogP contribution in [-0.2, 0) is 23.9 Å². The fourth-order valence-corrected chi connectivity index (χ4v) is 3.33. The Morgan fingerprint density at radius 3 is 2.38 bits per heavy atom. The summed E-state index contributed by atoms with van der Waals surface area (Å²) in [4.78, 5) is 40.8. The first kappa shape index (κ1) is 19.0. The minimum Gasteiger partial charge on any atom is -0.354 e. The molecule has 1 atom stereocenters. The van der Waals surface area contributed by atoms with Crippen molar-refractivity contribution >= 4 is 39.3 Å². The largest absolute Gasteiger partial charge is 0.354 e. The zero-order chi connectivity index (χ0) is 18.8. The number of benzene rings is 1. The molecule has 8 heteroatoms. The van der Waals surface area contributed by atoms with Gasteiger partial charge in [0.05, 0.1) is 18.7 Å². The molecule has 0 N–H and O–H groups in total. The van der Waals surface area contributed by atoms with E-state index < -0.39 is 18.2 Å². The molecular formula is C18H21BrN2O5. The molecule has 1 saturated heterocycles. The summed E-state index contributed by atoms with van der Waals surface area (Å²) in [6, 6.07) is 6.10. The quantitative estimate of drug-likeness (QED) is 0.493. The molecule has 7 nitrogen and oxygen atoms in total. The number of ether oxygens (including phenoxy) is 2. The molecule has 26 heavy (non-hydrogen) atoms. The van der Waals surface area contributed by atoms with Crippen LogP contribution in [0.15, 0.2) is 28.7 Å². The maximum Gasteiger partial charge on any atom is 0.257 e. The average molecular weight is 425 g/mol. The molecule has 0 aromatic heterocycles. The Balaban J connectivity index is 1.84. The SMILES string of the molecule is COC(CN(C(=O)C1CC1)C1CC(=O)N(c2ccc(Br)cc2)C1=O)OC. The van der Waals surface area contributed by atoms with Crippen molar-refractivity contribution in [1.29, 1.82) is 0 Å². The normalized spacial score (nSPS) is 20.2. The molecular weight excluding hydrogens is 404 g/mol. The van der Waals surface area contributed by atoms with E-state index in [4.69, 9.17) is 9.47 Å². The lowest BCUT2D eigenvalue weighted by Crippen LogP contribution is -2.49. The predicted molar refractivity (Wildman–Crippen MR) is 97.3 cm³/mol. The van der Waals surface area contributed by atoms with Gasteiger partial charge in [0.1, 0.15) is 6.04 Å². The number of halogens is 1. The van der Waals surface area contributed by atoms with E-state index in [0.29, 0.717) is 5.69 Å². The first-order valence-electron chi connectivity index (χ1n) is 8.44. The number of nitrogens with zero attached hydrogens (tertiary/aromatic N) is 2. The summed E-state index contributed by atoms with van der Waals surface area (Å²) < 4.78 is 11.2. The third kappa shape index (κ3) is 3.82. The van der Waals surface area contributed by atoms with Crippen LogP contribution in [-0.4, -0.2) is 55.7 Å². The van der Waals surface area contributed by atoms with Gasteiger partial charge in [0.2, 0.25) is 11.8 Å². The van der Waals surface area contributed by atoms with E-state index in [1.165, 1.54) is 19.1 Å². The Bertz CT molecular complexity index is 700. The standard InChI is InChI=1S/C18H21BrN2O5/c1-25-16(26-2)10-20(17(23)11-3-4-11)14-9-15(22)21(18(14)24)13-7-5-12(19)6-8-13/h5-8,11,14,16H,3-4,9-10H2,1-2H3. The number of amides is 3. The Morgan fingerprint density at radius 1 is 1.23 bits per heavy atom. The van der Waals surface area contributed by atoms with Crippen molar-refractivity contribution in [3.05, 3.63) is 28.7 Å². The molecule has 2 aliphatic rings. The first-order valence-corrected chi connectivity index (χ1v) is 9.24. The highest BCUT2D eigenvalue weighted by molar-refractivity contribution is 9.10. The molecule has 0 spiro atoms. The summed E-state index contributed by atoms with van der Waals surface area (Å²) in [7, 11) is 2.95. The van der Waals surface area contributed by atoms with Gasteiger partial charge in [-0.05, 0) is 37.1 Å². The zero-order valence-electron chi connectivity index (χ0n) is 14.7. The van der Waals surface area contributed by atoms with E-state index in [-0.39, 0.29) is 30.7 Å². The number of imide groups is 1. The molecule has 1 aromatic rings. The fourth-order valence-electron chi connectivity index (χ4n) is 3.06. The number of anilines is 1. The van der Waals surface area contributed by atoms with E-state index in [2.05, 4.69) is 15.9 Å². The van der Waals surface area contributed by atoms with Crippen molar-refractivity contribution in [2.75, 3.05) is 25.7 Å². The summed E-state index contributed by atoms with van der Waals surface area (Å²) in [6.45, 7) is 0.111. The third-order valence-corrected chi connectivity index (χ3v) is 5.19. The second kappa shape index (κ2) is 7.85. The second-order valence-corrected chi connectivity index (χ2v) is 7.35. The highest BCUT2D eigenvalue weighted by Gasteiger charge is 2.47. The number of methoxy groups -OCH3 is 2. The number of carbonyl (C=O) groups excluding carboxylic acids is 3. The summed E-state index contributed by atoms with van der Waals surface area (Å²) in [5.41, 5.74) is 0.500. The maximum atomic E-state index is 13.0. The third-order valence-electron chi connectivity index (χ3n) is 4.67. The summed E-state index contributed by atoms with van der Waals surface area (Å²) in [5, 5.41) is 0. The number of hydrogen-bond donors (Lipinski definition) is 0. The van der Waals surface area contributed by atoms with Crippen molar-refractivity contribution in [2.24, 2.45) is 5.92 Å². The van der Waals surface area contributed by atoms with E-state index in [1.807, 2.05) is 0 Å². The molecule has 1 aliphatic carbocycles. The highest BCUT2D eigenvalue weighted by Crippen LogP contribution is 2.34. The van der Waals surface area contributed by atoms with Gasteiger partial charge in [-0.3, -0.25) is 14.4 Å². The summed E-state index contributed by atoms with van der Waals surface area (Å²) in [5.74, 6) is -0.901. The average Bonchev–Trinajstić information content (AvgIpc) is 3.43. The monoisotopic (exact) mass is 424 g/mol. The van der Waals surface area contributed by atoms with Gasteiger partial charge in [0.15, 0.2) is 6.29 Å². The van der Waals surface area contributed by atoms with Crippen LogP contribution in [0.4, 0.5) is 5.69 Å². The van der Waals surface area contributed by atoms with E-state index in [9.17, 15) is 14.4 Å². The fraction of sp³-hybridized carbons (Fsp3) is 0.500. The Morgan fingerprint density at radius 2 is 1.85 bits per heavy atom.